The average Bonchev–Trinajstić information content (AvgIpc) is 3.60. The van der Waals surface area contributed by atoms with E-state index in [-0.39, 0.29) is 24.3 Å². The van der Waals surface area contributed by atoms with Gasteiger partial charge in [0.05, 0.1) is 30.9 Å². The van der Waals surface area contributed by atoms with Crippen molar-refractivity contribution in [3.05, 3.63) is 35.5 Å². The summed E-state index contributed by atoms with van der Waals surface area (Å²) in [5.41, 5.74) is 0.211. The number of nitrogens with zero attached hydrogens (tertiary/aromatic N) is 4. The molecule has 0 unspecified atom stereocenters. The highest BCUT2D eigenvalue weighted by atomic mass is 32.2. The molecule has 3 heterocycles. The molecule has 5 rings (SSSR count). The van der Waals surface area contributed by atoms with Gasteiger partial charge in [-0.3, -0.25) is 4.79 Å². The number of hydrogen-bond donors (Lipinski definition) is 4. The van der Waals surface area contributed by atoms with Crippen molar-refractivity contribution in [2.75, 3.05) is 58.4 Å². The predicted octanol–water partition coefficient (Wildman–Crippen LogP) is 3.58. The number of aliphatic hydroxyl groups is 2. The average molecular weight is 553 g/mol. The summed E-state index contributed by atoms with van der Waals surface area (Å²) in [5.74, 6) is 0.319. The van der Waals surface area contributed by atoms with Crippen molar-refractivity contribution in [1.82, 2.24) is 9.97 Å². The molecule has 2 aromatic rings. The van der Waals surface area contributed by atoms with Crippen LogP contribution in [0.3, 0.4) is 0 Å². The number of aromatic nitrogens is 2. The molecule has 0 radical (unpaired) electrons. The standard InChI is InChI=1S/C25H31F3N6O3S/c1-16-12-20(31-22(29-16)34-14-24(37,15-34)25(26,27)28)30-21(36)18-3-2-17(32-38-11-10-35)13-19(18)33-8-6-23(4-5-23)7-9-33/h2-3,12-13,32,35,37H,4-11,14-15H2,1H3,(H,29,30,31,36). The van der Waals surface area contributed by atoms with Gasteiger partial charge < -0.3 is 30.1 Å². The van der Waals surface area contributed by atoms with Crippen molar-refractivity contribution in [3.8, 4) is 0 Å². The number of rotatable bonds is 8. The molecule has 1 aromatic heterocycles. The Morgan fingerprint density at radius 1 is 1.11 bits per heavy atom. The molecule has 1 saturated carbocycles. The van der Waals surface area contributed by atoms with Gasteiger partial charge in [-0.25, -0.2) is 4.98 Å². The van der Waals surface area contributed by atoms with Crippen molar-refractivity contribution in [2.24, 2.45) is 5.41 Å². The lowest BCUT2D eigenvalue weighted by atomic mass is 9.93. The van der Waals surface area contributed by atoms with Gasteiger partial charge in [-0.05, 0) is 56.2 Å². The number of amides is 1. The molecule has 1 aliphatic carbocycles. The summed E-state index contributed by atoms with van der Waals surface area (Å²) in [6, 6.07) is 7.01. The first-order chi connectivity index (χ1) is 18.0. The molecule has 1 amide bonds. The largest absolute Gasteiger partial charge is 0.420 e. The lowest BCUT2D eigenvalue weighted by molar-refractivity contribution is -0.267. The number of halogens is 3. The highest BCUT2D eigenvalue weighted by Crippen LogP contribution is 2.54. The summed E-state index contributed by atoms with van der Waals surface area (Å²) in [6.07, 6.45) is -0.0498. The van der Waals surface area contributed by atoms with E-state index in [1.165, 1.54) is 29.7 Å². The van der Waals surface area contributed by atoms with Crippen LogP contribution in [0.15, 0.2) is 24.3 Å². The molecule has 0 atom stereocenters. The molecule has 38 heavy (non-hydrogen) atoms. The summed E-state index contributed by atoms with van der Waals surface area (Å²) in [7, 11) is 0. The van der Waals surface area contributed by atoms with Gasteiger partial charge in [-0.15, -0.1) is 0 Å². The highest BCUT2D eigenvalue weighted by Gasteiger charge is 2.61. The second-order valence-corrected chi connectivity index (χ2v) is 11.3. The molecular formula is C25H31F3N6O3S. The summed E-state index contributed by atoms with van der Waals surface area (Å²) in [6.45, 7) is 2.07. The number of β-amino-alcohol motifs (C(OH)–C–C–N with tert-alkyl or cyclic N) is 1. The maximum Gasteiger partial charge on any atom is 0.420 e. The molecule has 1 spiro atoms. The van der Waals surface area contributed by atoms with Crippen LogP contribution in [0.1, 0.15) is 41.7 Å². The zero-order valence-corrected chi connectivity index (χ0v) is 21.8. The van der Waals surface area contributed by atoms with Gasteiger partial charge in [0, 0.05) is 36.3 Å². The van der Waals surface area contributed by atoms with Crippen LogP contribution in [-0.2, 0) is 0 Å². The number of aliphatic hydroxyl groups excluding tert-OH is 1. The number of alkyl halides is 3. The van der Waals surface area contributed by atoms with Gasteiger partial charge >= 0.3 is 6.18 Å². The van der Waals surface area contributed by atoms with Crippen LogP contribution in [0.25, 0.3) is 0 Å². The van der Waals surface area contributed by atoms with Gasteiger partial charge in [0.25, 0.3) is 5.91 Å². The maximum atomic E-state index is 13.4. The van der Waals surface area contributed by atoms with E-state index in [1.807, 2.05) is 6.07 Å². The van der Waals surface area contributed by atoms with Crippen molar-refractivity contribution in [3.63, 3.8) is 0 Å². The van der Waals surface area contributed by atoms with E-state index in [9.17, 15) is 23.1 Å². The quantitative estimate of drug-likeness (QED) is 0.288. The zero-order valence-electron chi connectivity index (χ0n) is 21.0. The Kier molecular flexibility index (Phi) is 7.12. The molecule has 1 aromatic carbocycles. The topological polar surface area (TPSA) is 114 Å². The third kappa shape index (κ3) is 5.50. The summed E-state index contributed by atoms with van der Waals surface area (Å²) < 4.78 is 42.3. The Bertz CT molecular complexity index is 1190. The third-order valence-corrected chi connectivity index (χ3v) is 8.31. The van der Waals surface area contributed by atoms with E-state index in [4.69, 9.17) is 5.11 Å². The van der Waals surface area contributed by atoms with E-state index < -0.39 is 24.9 Å². The minimum atomic E-state index is -4.74. The highest BCUT2D eigenvalue weighted by molar-refractivity contribution is 8.00. The van der Waals surface area contributed by atoms with Crippen LogP contribution in [0, 0.1) is 12.3 Å². The van der Waals surface area contributed by atoms with Crippen molar-refractivity contribution < 1.29 is 28.2 Å². The molecule has 2 saturated heterocycles. The van der Waals surface area contributed by atoms with Crippen LogP contribution < -0.4 is 19.8 Å². The second-order valence-electron chi connectivity index (χ2n) is 10.4. The van der Waals surface area contributed by atoms with Crippen LogP contribution in [0.5, 0.6) is 0 Å². The molecule has 2 aliphatic heterocycles. The molecule has 3 fully saturated rings. The maximum absolute atomic E-state index is 13.4. The normalized spacial score (nSPS) is 19.7. The van der Waals surface area contributed by atoms with Gasteiger partial charge in [-0.1, -0.05) is 11.9 Å². The van der Waals surface area contributed by atoms with E-state index in [1.54, 1.807) is 25.1 Å². The second kappa shape index (κ2) is 10.1. The molecule has 4 N–H and O–H groups in total. The number of carbonyl (C=O) groups excluding carboxylic acids is 1. The first kappa shape index (κ1) is 26.8. The summed E-state index contributed by atoms with van der Waals surface area (Å²) in [4.78, 5) is 25.3. The Hall–Kier alpha value is -2.77. The summed E-state index contributed by atoms with van der Waals surface area (Å²) >= 11 is 1.37. The molecule has 206 valence electrons. The van der Waals surface area contributed by atoms with Crippen LogP contribution >= 0.6 is 11.9 Å². The lowest BCUT2D eigenvalue weighted by Gasteiger charge is -2.46. The number of anilines is 4. The molecule has 0 bridgehead atoms. The fourth-order valence-corrected chi connectivity index (χ4v) is 5.46. The third-order valence-electron chi connectivity index (χ3n) is 7.55. The number of carbonyl (C=O) groups is 1. The predicted molar refractivity (Wildman–Crippen MR) is 141 cm³/mol. The Balaban J connectivity index is 1.34. The van der Waals surface area contributed by atoms with Gasteiger partial charge in [0.2, 0.25) is 5.95 Å². The smallest absolute Gasteiger partial charge is 0.395 e. The van der Waals surface area contributed by atoms with E-state index in [2.05, 4.69) is 24.9 Å². The van der Waals surface area contributed by atoms with Crippen molar-refractivity contribution in [2.45, 2.75) is 44.4 Å². The zero-order chi connectivity index (χ0) is 27.1. The van der Waals surface area contributed by atoms with Crippen LogP contribution in [0.2, 0.25) is 0 Å². The Labute approximate surface area is 223 Å². The minimum Gasteiger partial charge on any atom is -0.395 e. The first-order valence-corrected chi connectivity index (χ1v) is 13.6. The molecule has 9 nitrogen and oxygen atoms in total. The Morgan fingerprint density at radius 2 is 1.82 bits per heavy atom. The van der Waals surface area contributed by atoms with Gasteiger partial charge in [0.1, 0.15) is 5.82 Å². The van der Waals surface area contributed by atoms with Crippen LogP contribution in [-0.4, -0.2) is 76.4 Å². The monoisotopic (exact) mass is 552 g/mol. The van der Waals surface area contributed by atoms with E-state index in [0.717, 1.165) is 37.3 Å². The molecule has 13 heteroatoms. The number of piperidine rings is 1. The Morgan fingerprint density at radius 3 is 2.45 bits per heavy atom. The van der Waals surface area contributed by atoms with E-state index >= 15 is 0 Å². The van der Waals surface area contributed by atoms with Crippen molar-refractivity contribution >= 4 is 41.0 Å². The van der Waals surface area contributed by atoms with E-state index in [0.29, 0.717) is 22.4 Å². The van der Waals surface area contributed by atoms with Gasteiger partial charge in [0.15, 0.2) is 5.60 Å². The number of nitrogens with one attached hydrogen (secondary N) is 2. The number of aryl methyl sites for hydroxylation is 1. The summed E-state index contributed by atoms with van der Waals surface area (Å²) in [5, 5.41) is 21.6. The minimum absolute atomic E-state index is 0.0145. The van der Waals surface area contributed by atoms with Crippen molar-refractivity contribution in [1.29, 1.82) is 0 Å². The number of hydrogen-bond acceptors (Lipinski definition) is 9. The fraction of sp³-hybridized carbons (Fsp3) is 0.560. The lowest BCUT2D eigenvalue weighted by Crippen LogP contribution is -2.69. The molecule has 3 aliphatic rings. The number of benzene rings is 1. The fourth-order valence-electron chi connectivity index (χ4n) is 4.98. The first-order valence-electron chi connectivity index (χ1n) is 12.6. The van der Waals surface area contributed by atoms with Crippen LogP contribution in [0.4, 0.5) is 36.3 Å². The van der Waals surface area contributed by atoms with Gasteiger partial charge in [-0.2, -0.15) is 18.2 Å². The SMILES string of the molecule is Cc1cc(NC(=O)c2ccc(NSCCO)cc2N2CCC3(CC2)CC3)nc(N2CC(O)(C(F)(F)F)C2)n1. The molecular weight excluding hydrogens is 521 g/mol.